The highest BCUT2D eigenvalue weighted by molar-refractivity contribution is 7.90. The molecule has 8 heteroatoms. The summed E-state index contributed by atoms with van der Waals surface area (Å²) >= 11 is 0. The van der Waals surface area contributed by atoms with Gasteiger partial charge >= 0.3 is 11.9 Å². The van der Waals surface area contributed by atoms with Gasteiger partial charge in [-0.1, -0.05) is 30.3 Å². The van der Waals surface area contributed by atoms with Gasteiger partial charge in [0.15, 0.2) is 0 Å². The van der Waals surface area contributed by atoms with Crippen LogP contribution < -0.4 is 4.72 Å². The van der Waals surface area contributed by atoms with Gasteiger partial charge < -0.3 is 9.47 Å². The Hall–Kier alpha value is -2.19. The Bertz CT molecular complexity index is 735. The second kappa shape index (κ2) is 9.49. The van der Waals surface area contributed by atoms with Gasteiger partial charge in [-0.25, -0.2) is 22.7 Å². The summed E-state index contributed by atoms with van der Waals surface area (Å²) in [6.07, 6.45) is 2.22. The van der Waals surface area contributed by atoms with E-state index < -0.39 is 32.8 Å². The van der Waals surface area contributed by atoms with Crippen molar-refractivity contribution < 1.29 is 27.5 Å². The van der Waals surface area contributed by atoms with Gasteiger partial charge in [0, 0.05) is 12.2 Å². The maximum atomic E-state index is 12.4. The lowest BCUT2D eigenvalue weighted by molar-refractivity contribution is -0.139. The highest BCUT2D eigenvalue weighted by Gasteiger charge is 2.31. The summed E-state index contributed by atoms with van der Waals surface area (Å²) in [6.45, 7) is 4.58. The smallest absolute Gasteiger partial charge is 0.331 e. The Kier molecular flexibility index (Phi) is 7.98. The van der Waals surface area contributed by atoms with E-state index in [1.54, 1.807) is 20.8 Å². The molecular weight excluding hydrogens is 358 g/mol. The molecule has 0 aliphatic carbocycles. The minimum atomic E-state index is -3.63. The summed E-state index contributed by atoms with van der Waals surface area (Å²) < 4.78 is 35.9. The van der Waals surface area contributed by atoms with Crippen molar-refractivity contribution in [1.29, 1.82) is 0 Å². The lowest BCUT2D eigenvalue weighted by atomic mass is 10.1. The van der Waals surface area contributed by atoms with Crippen LogP contribution in [-0.2, 0) is 35.5 Å². The lowest BCUT2D eigenvalue weighted by Crippen LogP contribution is -2.47. The number of nitrogens with one attached hydrogen (secondary N) is 1. The van der Waals surface area contributed by atoms with Crippen LogP contribution in [0.1, 0.15) is 26.3 Å². The Morgan fingerprint density at radius 1 is 1.12 bits per heavy atom. The average Bonchev–Trinajstić information content (AvgIpc) is 2.57. The Morgan fingerprint density at radius 2 is 1.69 bits per heavy atom. The molecule has 0 bridgehead atoms. The third-order valence-corrected chi connectivity index (χ3v) is 5.69. The lowest BCUT2D eigenvalue weighted by Gasteiger charge is -2.25. The number of hydrogen-bond donors (Lipinski definition) is 1. The maximum absolute atomic E-state index is 12.4. The number of benzene rings is 1. The molecule has 1 aromatic carbocycles. The minimum Gasteiger partial charge on any atom is -0.466 e. The first kappa shape index (κ1) is 21.9. The molecular formula is C18H25NO6S. The van der Waals surface area contributed by atoms with Gasteiger partial charge in [-0.05, 0) is 32.8 Å². The predicted octanol–water partition coefficient (Wildman–Crippen LogP) is 1.59. The molecule has 0 spiro atoms. The molecule has 7 nitrogen and oxygen atoms in total. The van der Waals surface area contributed by atoms with Crippen molar-refractivity contribution in [2.75, 3.05) is 13.7 Å². The number of carbonyl (C=O) groups excluding carboxylic acids is 2. The quantitative estimate of drug-likeness (QED) is 0.541. The van der Waals surface area contributed by atoms with E-state index in [-0.39, 0.29) is 6.61 Å². The van der Waals surface area contributed by atoms with Gasteiger partial charge in [0.25, 0.3) is 0 Å². The molecule has 0 fully saturated rings. The van der Waals surface area contributed by atoms with Gasteiger partial charge in [-0.2, -0.15) is 0 Å². The minimum absolute atomic E-state index is 0.172. The molecule has 0 aromatic heterocycles. The van der Waals surface area contributed by atoms with Crippen LogP contribution in [0.5, 0.6) is 0 Å². The summed E-state index contributed by atoms with van der Waals surface area (Å²) in [5, 5.41) is 0. The molecule has 26 heavy (non-hydrogen) atoms. The molecule has 0 aliphatic rings. The molecule has 0 saturated heterocycles. The van der Waals surface area contributed by atoms with E-state index in [4.69, 9.17) is 4.74 Å². The SMILES string of the molecule is COC(=O)/C=C/C(=O)OCC(Cc1ccccc1)NS(=O)(=O)C(C)(C)C. The Balaban J connectivity index is 2.83. The predicted molar refractivity (Wildman–Crippen MR) is 97.9 cm³/mol. The number of ether oxygens (including phenoxy) is 2. The van der Waals surface area contributed by atoms with Crippen molar-refractivity contribution >= 4 is 22.0 Å². The van der Waals surface area contributed by atoms with Gasteiger partial charge in [0.05, 0.1) is 17.9 Å². The first-order valence-corrected chi connectivity index (χ1v) is 9.52. The van der Waals surface area contributed by atoms with Crippen molar-refractivity contribution in [3.05, 3.63) is 48.0 Å². The molecule has 0 saturated carbocycles. The summed E-state index contributed by atoms with van der Waals surface area (Å²) in [5.41, 5.74) is 0.898. The molecule has 1 unspecified atom stereocenters. The first-order valence-electron chi connectivity index (χ1n) is 8.04. The largest absolute Gasteiger partial charge is 0.466 e. The first-order chi connectivity index (χ1) is 12.0. The van der Waals surface area contributed by atoms with Crippen LogP contribution in [0.15, 0.2) is 42.5 Å². The number of carbonyl (C=O) groups is 2. The van der Waals surface area contributed by atoms with Crippen molar-refractivity contribution in [2.45, 2.75) is 38.0 Å². The normalized spacial score (nSPS) is 13.4. The van der Waals surface area contributed by atoms with Crippen molar-refractivity contribution in [1.82, 2.24) is 4.72 Å². The van der Waals surface area contributed by atoms with Crippen LogP contribution in [0, 0.1) is 0 Å². The number of esters is 2. The second-order valence-electron chi connectivity index (χ2n) is 6.61. The highest BCUT2D eigenvalue weighted by atomic mass is 32.2. The Labute approximate surface area is 154 Å². The van der Waals surface area contributed by atoms with Gasteiger partial charge in [0.2, 0.25) is 10.0 Å². The number of methoxy groups -OCH3 is 1. The maximum Gasteiger partial charge on any atom is 0.331 e. The van der Waals surface area contributed by atoms with E-state index in [1.165, 1.54) is 7.11 Å². The fourth-order valence-electron chi connectivity index (χ4n) is 1.86. The van der Waals surface area contributed by atoms with Gasteiger partial charge in [-0.15, -0.1) is 0 Å². The van der Waals surface area contributed by atoms with E-state index in [0.29, 0.717) is 6.42 Å². The monoisotopic (exact) mass is 383 g/mol. The van der Waals surface area contributed by atoms with E-state index in [9.17, 15) is 18.0 Å². The van der Waals surface area contributed by atoms with Gasteiger partial charge in [0.1, 0.15) is 6.61 Å². The molecule has 0 radical (unpaired) electrons. The van der Waals surface area contributed by atoms with E-state index in [0.717, 1.165) is 17.7 Å². The molecule has 1 aromatic rings. The van der Waals surface area contributed by atoms with Crippen molar-refractivity contribution in [3.63, 3.8) is 0 Å². The summed E-state index contributed by atoms with van der Waals surface area (Å²) in [6, 6.07) is 8.62. The zero-order valence-electron chi connectivity index (χ0n) is 15.4. The fraction of sp³-hybridized carbons (Fsp3) is 0.444. The van der Waals surface area contributed by atoms with Gasteiger partial charge in [-0.3, -0.25) is 0 Å². The van der Waals surface area contributed by atoms with E-state index in [2.05, 4.69) is 9.46 Å². The van der Waals surface area contributed by atoms with Crippen LogP contribution in [0.25, 0.3) is 0 Å². The topological polar surface area (TPSA) is 98.8 Å². The van der Waals surface area contributed by atoms with E-state index >= 15 is 0 Å². The zero-order chi connectivity index (χ0) is 19.8. The van der Waals surface area contributed by atoms with E-state index in [1.807, 2.05) is 30.3 Å². The molecule has 1 N–H and O–H groups in total. The van der Waals surface area contributed by atoms with Crippen LogP contribution >= 0.6 is 0 Å². The summed E-state index contributed by atoms with van der Waals surface area (Å²) in [4.78, 5) is 22.7. The second-order valence-corrected chi connectivity index (χ2v) is 9.07. The standard InChI is InChI=1S/C18H25NO6S/c1-18(2,3)26(22,23)19-15(12-14-8-6-5-7-9-14)13-25-17(21)11-10-16(20)24-4/h5-11,15,19H,12-13H2,1-4H3/b11-10+. The number of sulfonamides is 1. The zero-order valence-corrected chi connectivity index (χ0v) is 16.2. The Morgan fingerprint density at radius 3 is 2.23 bits per heavy atom. The molecule has 0 aliphatic heterocycles. The third kappa shape index (κ3) is 7.37. The van der Waals surface area contributed by atoms with Crippen molar-refractivity contribution in [2.24, 2.45) is 0 Å². The number of rotatable bonds is 8. The van der Waals surface area contributed by atoms with Crippen LogP contribution in [0.2, 0.25) is 0 Å². The molecule has 1 rings (SSSR count). The molecule has 0 heterocycles. The molecule has 1 atom stereocenters. The summed E-state index contributed by atoms with van der Waals surface area (Å²) in [5.74, 6) is -1.44. The summed E-state index contributed by atoms with van der Waals surface area (Å²) in [7, 11) is -2.44. The fourth-order valence-corrected chi connectivity index (χ4v) is 2.81. The average molecular weight is 383 g/mol. The molecule has 144 valence electrons. The third-order valence-electron chi connectivity index (χ3n) is 3.44. The van der Waals surface area contributed by atoms with Crippen LogP contribution in [0.4, 0.5) is 0 Å². The van der Waals surface area contributed by atoms with Crippen molar-refractivity contribution in [3.8, 4) is 0 Å². The highest BCUT2D eigenvalue weighted by Crippen LogP contribution is 2.15. The van der Waals surface area contributed by atoms with Crippen LogP contribution in [0.3, 0.4) is 0 Å². The van der Waals surface area contributed by atoms with Crippen LogP contribution in [-0.4, -0.2) is 44.9 Å². The molecule has 0 amide bonds. The number of hydrogen-bond acceptors (Lipinski definition) is 6.